The minimum Gasteiger partial charge on any atom is -0.342 e. The number of carbonyl (C=O) groups excluding carboxylic acids is 1. The molecule has 0 fully saturated rings. The number of aromatic nitrogens is 5. The summed E-state index contributed by atoms with van der Waals surface area (Å²) in [6.07, 6.45) is 4.65. The van der Waals surface area contributed by atoms with Crippen molar-refractivity contribution in [2.75, 3.05) is 0 Å². The number of amides is 1. The molecule has 27 heavy (non-hydrogen) atoms. The molecule has 2 heterocycles. The van der Waals surface area contributed by atoms with Crippen molar-refractivity contribution in [1.29, 1.82) is 0 Å². The molecule has 0 saturated heterocycles. The van der Waals surface area contributed by atoms with E-state index in [0.29, 0.717) is 27.6 Å². The maximum absolute atomic E-state index is 12.7. The second-order valence-corrected chi connectivity index (χ2v) is 8.20. The molecule has 2 aromatic heterocycles. The number of rotatable bonds is 6. The summed E-state index contributed by atoms with van der Waals surface area (Å²) in [4.78, 5) is 26.3. The first-order valence-corrected chi connectivity index (χ1v) is 9.65. The van der Waals surface area contributed by atoms with Gasteiger partial charge in [0.15, 0.2) is 5.82 Å². The van der Waals surface area contributed by atoms with Crippen molar-refractivity contribution in [1.82, 2.24) is 30.0 Å². The van der Waals surface area contributed by atoms with Gasteiger partial charge in [-0.3, -0.25) is 4.79 Å². The zero-order valence-corrected chi connectivity index (χ0v) is 16.7. The summed E-state index contributed by atoms with van der Waals surface area (Å²) < 4.78 is 1.50. The summed E-state index contributed by atoms with van der Waals surface area (Å²) in [6.45, 7) is 6.01. The van der Waals surface area contributed by atoms with Crippen molar-refractivity contribution >= 4 is 29.3 Å². The van der Waals surface area contributed by atoms with Crippen LogP contribution in [0, 0.1) is 0 Å². The lowest BCUT2D eigenvalue weighted by atomic mass is 10.2. The molecule has 9 heteroatoms. The maximum atomic E-state index is 12.7. The Morgan fingerprint density at radius 2 is 1.89 bits per heavy atom. The fourth-order valence-corrected chi connectivity index (χ4v) is 3.71. The van der Waals surface area contributed by atoms with Crippen LogP contribution in [0.4, 0.5) is 0 Å². The summed E-state index contributed by atoms with van der Waals surface area (Å²) in [6, 6.07) is 6.67. The highest BCUT2D eigenvalue weighted by Crippen LogP contribution is 2.27. The fraction of sp³-hybridized carbons (Fsp3) is 0.278. The minimum atomic E-state index is -0.399. The molecule has 0 aliphatic carbocycles. The summed E-state index contributed by atoms with van der Waals surface area (Å²) in [5.74, 6) is 0.692. The SMILES string of the molecule is CC(C)Sc1cc(Cl)cc(C(=O)N[C@@H](C)c2ncnn2-c2ncccn2)c1. The molecule has 1 atom stereocenters. The molecule has 3 rings (SSSR count). The standard InChI is InChI=1S/C18H19ClN6OS/c1-11(2)27-15-8-13(7-14(19)9-15)17(26)24-12(3)16-22-10-23-25(16)18-20-5-4-6-21-18/h4-12H,1-3H3,(H,24,26)/t12-/m0/s1. The second kappa shape index (κ2) is 8.49. The van der Waals surface area contributed by atoms with Crippen LogP contribution >= 0.6 is 23.4 Å². The second-order valence-electron chi connectivity index (χ2n) is 6.12. The highest BCUT2D eigenvalue weighted by atomic mass is 35.5. The van der Waals surface area contributed by atoms with Crippen molar-refractivity contribution in [3.8, 4) is 5.95 Å². The molecule has 1 N–H and O–H groups in total. The summed E-state index contributed by atoms with van der Waals surface area (Å²) in [7, 11) is 0. The molecular formula is C18H19ClN6OS. The van der Waals surface area contributed by atoms with E-state index in [0.717, 1.165) is 4.90 Å². The van der Waals surface area contributed by atoms with Crippen molar-refractivity contribution < 1.29 is 4.79 Å². The van der Waals surface area contributed by atoms with Crippen molar-refractivity contribution in [3.05, 3.63) is 59.4 Å². The van der Waals surface area contributed by atoms with Crippen LogP contribution in [-0.4, -0.2) is 35.9 Å². The Labute approximate surface area is 166 Å². The first-order valence-electron chi connectivity index (χ1n) is 8.39. The van der Waals surface area contributed by atoms with Crippen LogP contribution in [0.3, 0.4) is 0 Å². The monoisotopic (exact) mass is 402 g/mol. The number of halogens is 1. The predicted molar refractivity (Wildman–Crippen MR) is 105 cm³/mol. The van der Waals surface area contributed by atoms with E-state index >= 15 is 0 Å². The molecule has 0 spiro atoms. The Morgan fingerprint density at radius 1 is 1.15 bits per heavy atom. The van der Waals surface area contributed by atoms with Gasteiger partial charge in [0.1, 0.15) is 6.33 Å². The molecule has 0 unspecified atom stereocenters. The lowest BCUT2D eigenvalue weighted by Gasteiger charge is -2.15. The highest BCUT2D eigenvalue weighted by molar-refractivity contribution is 7.99. The van der Waals surface area contributed by atoms with Gasteiger partial charge in [0.25, 0.3) is 11.9 Å². The molecular weight excluding hydrogens is 384 g/mol. The van der Waals surface area contributed by atoms with Crippen molar-refractivity contribution in [3.63, 3.8) is 0 Å². The molecule has 140 valence electrons. The highest BCUT2D eigenvalue weighted by Gasteiger charge is 2.19. The molecule has 0 radical (unpaired) electrons. The van der Waals surface area contributed by atoms with Crippen LogP contribution in [-0.2, 0) is 0 Å². The van der Waals surface area contributed by atoms with Gasteiger partial charge in [0.05, 0.1) is 6.04 Å². The average molecular weight is 403 g/mol. The van der Waals surface area contributed by atoms with Crippen LogP contribution in [0.25, 0.3) is 5.95 Å². The van der Waals surface area contributed by atoms with E-state index in [1.165, 1.54) is 11.0 Å². The van der Waals surface area contributed by atoms with Gasteiger partial charge < -0.3 is 5.32 Å². The molecule has 0 bridgehead atoms. The zero-order chi connectivity index (χ0) is 19.4. The molecule has 3 aromatic rings. The van der Waals surface area contributed by atoms with Gasteiger partial charge in [0.2, 0.25) is 0 Å². The first kappa shape index (κ1) is 19.3. The van der Waals surface area contributed by atoms with Crippen molar-refractivity contribution in [2.45, 2.75) is 37.0 Å². The Balaban J connectivity index is 1.79. The van der Waals surface area contributed by atoms with E-state index < -0.39 is 6.04 Å². The largest absolute Gasteiger partial charge is 0.342 e. The third-order valence-electron chi connectivity index (χ3n) is 3.56. The van der Waals surface area contributed by atoms with Crippen LogP contribution in [0.5, 0.6) is 0 Å². The van der Waals surface area contributed by atoms with Gasteiger partial charge in [-0.2, -0.15) is 9.78 Å². The van der Waals surface area contributed by atoms with Gasteiger partial charge in [0, 0.05) is 33.1 Å². The topological polar surface area (TPSA) is 85.6 Å². The molecule has 1 amide bonds. The fourth-order valence-electron chi connectivity index (χ4n) is 2.48. The molecule has 0 aliphatic heterocycles. The normalized spacial score (nSPS) is 12.2. The number of nitrogens with one attached hydrogen (secondary N) is 1. The summed E-state index contributed by atoms with van der Waals surface area (Å²) >= 11 is 7.84. The summed E-state index contributed by atoms with van der Waals surface area (Å²) in [5, 5.41) is 8.00. The lowest BCUT2D eigenvalue weighted by molar-refractivity contribution is 0.0937. The molecule has 0 saturated carbocycles. The van der Waals surface area contributed by atoms with Crippen LogP contribution in [0.1, 0.15) is 43.0 Å². The maximum Gasteiger partial charge on any atom is 0.252 e. The van der Waals surface area contributed by atoms with Crippen LogP contribution in [0.2, 0.25) is 5.02 Å². The molecule has 1 aromatic carbocycles. The number of hydrogen-bond donors (Lipinski definition) is 1. The first-order chi connectivity index (χ1) is 12.9. The third-order valence-corrected chi connectivity index (χ3v) is 4.75. The number of hydrogen-bond acceptors (Lipinski definition) is 6. The van der Waals surface area contributed by atoms with Gasteiger partial charge in [-0.15, -0.1) is 11.8 Å². The smallest absolute Gasteiger partial charge is 0.252 e. The lowest BCUT2D eigenvalue weighted by Crippen LogP contribution is -2.29. The quantitative estimate of drug-likeness (QED) is 0.632. The Morgan fingerprint density at radius 3 is 2.59 bits per heavy atom. The van der Waals surface area contributed by atoms with E-state index in [1.54, 1.807) is 36.3 Å². The van der Waals surface area contributed by atoms with Gasteiger partial charge in [-0.05, 0) is 31.2 Å². The Hall–Kier alpha value is -2.45. The van der Waals surface area contributed by atoms with E-state index in [9.17, 15) is 4.79 Å². The number of carbonyl (C=O) groups is 1. The number of thioether (sulfide) groups is 1. The summed E-state index contributed by atoms with van der Waals surface area (Å²) in [5.41, 5.74) is 0.500. The van der Waals surface area contributed by atoms with Crippen molar-refractivity contribution in [2.24, 2.45) is 0 Å². The molecule has 7 nitrogen and oxygen atoms in total. The van der Waals surface area contributed by atoms with E-state index in [4.69, 9.17) is 11.6 Å². The van der Waals surface area contributed by atoms with Gasteiger partial charge in [-0.1, -0.05) is 25.4 Å². The zero-order valence-electron chi connectivity index (χ0n) is 15.1. The van der Waals surface area contributed by atoms with Gasteiger partial charge in [-0.25, -0.2) is 15.0 Å². The van der Waals surface area contributed by atoms with E-state index in [-0.39, 0.29) is 5.91 Å². The molecule has 0 aliphatic rings. The average Bonchev–Trinajstić information content (AvgIpc) is 3.11. The predicted octanol–water partition coefficient (Wildman–Crippen LogP) is 3.70. The Kier molecular flexibility index (Phi) is 6.08. The Bertz CT molecular complexity index is 931. The van der Waals surface area contributed by atoms with E-state index in [1.807, 2.05) is 19.1 Å². The number of benzene rings is 1. The van der Waals surface area contributed by atoms with E-state index in [2.05, 4.69) is 39.2 Å². The minimum absolute atomic E-state index is 0.237. The third kappa shape index (κ3) is 4.84. The van der Waals surface area contributed by atoms with Crippen LogP contribution in [0.15, 0.2) is 47.9 Å². The number of nitrogens with zero attached hydrogens (tertiary/aromatic N) is 5. The van der Waals surface area contributed by atoms with Gasteiger partial charge >= 0.3 is 0 Å². The van der Waals surface area contributed by atoms with Crippen LogP contribution < -0.4 is 5.32 Å².